The Morgan fingerprint density at radius 2 is 2.06 bits per heavy atom. The van der Waals surface area contributed by atoms with Crippen LogP contribution in [0.2, 0.25) is 0 Å². The maximum Gasteiger partial charge on any atom is 0.358 e. The average molecular weight is 233 g/mol. The highest BCUT2D eigenvalue weighted by atomic mass is 16.5. The molecule has 1 heterocycles. The first-order valence-electron chi connectivity index (χ1n) is 4.98. The van der Waals surface area contributed by atoms with E-state index in [9.17, 15) is 14.7 Å². The zero-order valence-corrected chi connectivity index (χ0v) is 9.40. The molecule has 0 aliphatic carbocycles. The minimum Gasteiger partial charge on any atom is -0.505 e. The van der Waals surface area contributed by atoms with E-state index in [0.29, 0.717) is 10.8 Å². The van der Waals surface area contributed by atoms with E-state index in [0.717, 1.165) is 5.56 Å². The number of carbonyl (C=O) groups is 1. The van der Waals surface area contributed by atoms with E-state index < -0.39 is 11.5 Å². The molecule has 0 saturated heterocycles. The second-order valence-corrected chi connectivity index (χ2v) is 3.72. The summed E-state index contributed by atoms with van der Waals surface area (Å²) in [5, 5.41) is 10.6. The summed E-state index contributed by atoms with van der Waals surface area (Å²) in [6.07, 6.45) is 0. The Hall–Kier alpha value is -2.30. The molecule has 0 amide bonds. The molecule has 0 unspecified atom stereocenters. The normalized spacial score (nSPS) is 10.5. The molecular formula is C12H11NO4. The van der Waals surface area contributed by atoms with Crippen molar-refractivity contribution in [1.82, 2.24) is 4.98 Å². The SMILES string of the molecule is COC(=O)c1[nH]c(=O)c2cc(C)ccc2c1O. The summed E-state index contributed by atoms with van der Waals surface area (Å²) in [5.41, 5.74) is 0.240. The fourth-order valence-electron chi connectivity index (χ4n) is 1.68. The molecular weight excluding hydrogens is 222 g/mol. The van der Waals surface area contributed by atoms with E-state index in [2.05, 4.69) is 9.72 Å². The molecule has 88 valence electrons. The summed E-state index contributed by atoms with van der Waals surface area (Å²) in [4.78, 5) is 25.4. The maximum absolute atomic E-state index is 11.7. The summed E-state index contributed by atoms with van der Waals surface area (Å²) in [6, 6.07) is 5.00. The number of hydrogen-bond donors (Lipinski definition) is 2. The zero-order chi connectivity index (χ0) is 12.6. The Bertz CT molecular complexity index is 657. The monoisotopic (exact) mass is 233 g/mol. The Morgan fingerprint density at radius 3 is 2.71 bits per heavy atom. The van der Waals surface area contributed by atoms with Gasteiger partial charge in [0.2, 0.25) is 0 Å². The first-order chi connectivity index (χ1) is 8.04. The van der Waals surface area contributed by atoms with Crippen molar-refractivity contribution in [3.05, 3.63) is 39.8 Å². The summed E-state index contributed by atoms with van der Waals surface area (Å²) < 4.78 is 4.48. The van der Waals surface area contributed by atoms with Crippen LogP contribution in [0, 0.1) is 6.92 Å². The molecule has 0 aliphatic heterocycles. The number of fused-ring (bicyclic) bond motifs is 1. The molecule has 1 aromatic heterocycles. The molecule has 0 radical (unpaired) electrons. The van der Waals surface area contributed by atoms with Crippen LogP contribution < -0.4 is 5.56 Å². The van der Waals surface area contributed by atoms with Crippen LogP contribution in [0.4, 0.5) is 0 Å². The molecule has 2 rings (SSSR count). The second-order valence-electron chi connectivity index (χ2n) is 3.72. The molecule has 0 fully saturated rings. The van der Waals surface area contributed by atoms with E-state index in [1.165, 1.54) is 7.11 Å². The molecule has 0 aliphatic rings. The van der Waals surface area contributed by atoms with Gasteiger partial charge >= 0.3 is 5.97 Å². The summed E-state index contributed by atoms with van der Waals surface area (Å²) in [6.45, 7) is 1.84. The van der Waals surface area contributed by atoms with Gasteiger partial charge in [0.05, 0.1) is 12.5 Å². The van der Waals surface area contributed by atoms with Gasteiger partial charge in [0.1, 0.15) is 0 Å². The number of ether oxygens (including phenoxy) is 1. The zero-order valence-electron chi connectivity index (χ0n) is 9.40. The number of hydrogen-bond acceptors (Lipinski definition) is 4. The van der Waals surface area contributed by atoms with Gasteiger partial charge in [-0.05, 0) is 13.0 Å². The van der Waals surface area contributed by atoms with Crippen LogP contribution in [0.3, 0.4) is 0 Å². The number of aromatic hydroxyl groups is 1. The fourth-order valence-corrected chi connectivity index (χ4v) is 1.68. The minimum atomic E-state index is -0.776. The number of pyridine rings is 1. The Kier molecular flexibility index (Phi) is 2.59. The predicted octanol–water partition coefficient (Wildman–Crippen LogP) is 1.33. The predicted molar refractivity (Wildman–Crippen MR) is 62.3 cm³/mol. The smallest absolute Gasteiger partial charge is 0.358 e. The van der Waals surface area contributed by atoms with Crippen LogP contribution >= 0.6 is 0 Å². The average Bonchev–Trinajstić information content (AvgIpc) is 2.32. The van der Waals surface area contributed by atoms with Crippen molar-refractivity contribution in [1.29, 1.82) is 0 Å². The Morgan fingerprint density at radius 1 is 1.35 bits per heavy atom. The third kappa shape index (κ3) is 1.75. The van der Waals surface area contributed by atoms with Gasteiger partial charge in [0, 0.05) is 5.39 Å². The Balaban J connectivity index is 2.86. The van der Waals surface area contributed by atoms with E-state index >= 15 is 0 Å². The van der Waals surface area contributed by atoms with Gasteiger partial charge < -0.3 is 14.8 Å². The molecule has 17 heavy (non-hydrogen) atoms. The van der Waals surface area contributed by atoms with Gasteiger partial charge in [-0.25, -0.2) is 4.79 Å². The lowest BCUT2D eigenvalue weighted by Crippen LogP contribution is -2.14. The van der Waals surface area contributed by atoms with Crippen LogP contribution in [-0.4, -0.2) is 23.2 Å². The lowest BCUT2D eigenvalue weighted by molar-refractivity contribution is 0.0590. The highest BCUT2D eigenvalue weighted by molar-refractivity contribution is 5.98. The number of aromatic amines is 1. The van der Waals surface area contributed by atoms with Crippen molar-refractivity contribution in [2.24, 2.45) is 0 Å². The van der Waals surface area contributed by atoms with Crippen molar-refractivity contribution >= 4 is 16.7 Å². The van der Waals surface area contributed by atoms with Crippen LogP contribution in [0.5, 0.6) is 5.75 Å². The van der Waals surface area contributed by atoms with Gasteiger partial charge in [-0.3, -0.25) is 4.79 Å². The first-order valence-corrected chi connectivity index (χ1v) is 4.98. The van der Waals surface area contributed by atoms with Gasteiger partial charge in [-0.1, -0.05) is 17.7 Å². The molecule has 2 aromatic rings. The van der Waals surface area contributed by atoms with E-state index in [-0.39, 0.29) is 11.4 Å². The molecule has 2 N–H and O–H groups in total. The topological polar surface area (TPSA) is 79.4 Å². The number of benzene rings is 1. The molecule has 0 spiro atoms. The highest BCUT2D eigenvalue weighted by Gasteiger charge is 2.17. The number of rotatable bonds is 1. The van der Waals surface area contributed by atoms with Crippen molar-refractivity contribution < 1.29 is 14.6 Å². The fraction of sp³-hybridized carbons (Fsp3) is 0.167. The van der Waals surface area contributed by atoms with Crippen LogP contribution in [0.1, 0.15) is 16.1 Å². The minimum absolute atomic E-state index is 0.228. The molecule has 0 bridgehead atoms. The molecule has 5 heteroatoms. The van der Waals surface area contributed by atoms with Gasteiger partial charge in [0.15, 0.2) is 11.4 Å². The summed E-state index contributed by atoms with van der Waals surface area (Å²) in [5.74, 6) is -1.05. The molecule has 5 nitrogen and oxygen atoms in total. The first kappa shape index (κ1) is 11.2. The number of esters is 1. The number of methoxy groups -OCH3 is 1. The van der Waals surface area contributed by atoms with E-state index in [1.54, 1.807) is 18.2 Å². The van der Waals surface area contributed by atoms with Crippen LogP contribution in [0.25, 0.3) is 10.8 Å². The largest absolute Gasteiger partial charge is 0.505 e. The highest BCUT2D eigenvalue weighted by Crippen LogP contribution is 2.25. The number of carbonyl (C=O) groups excluding carboxylic acids is 1. The second kappa shape index (κ2) is 3.93. The number of nitrogens with one attached hydrogen (secondary N) is 1. The van der Waals surface area contributed by atoms with E-state index in [1.807, 2.05) is 6.92 Å². The van der Waals surface area contributed by atoms with Crippen LogP contribution in [-0.2, 0) is 4.74 Å². The standard InChI is InChI=1S/C12H11NO4/c1-6-3-4-7-8(5-6)11(15)13-9(10(7)14)12(16)17-2/h3-5,14H,1-2H3,(H,13,15). The van der Waals surface area contributed by atoms with Crippen molar-refractivity contribution in [3.63, 3.8) is 0 Å². The van der Waals surface area contributed by atoms with Gasteiger partial charge in [-0.15, -0.1) is 0 Å². The maximum atomic E-state index is 11.7. The van der Waals surface area contributed by atoms with Crippen molar-refractivity contribution in [2.45, 2.75) is 6.92 Å². The summed E-state index contributed by atoms with van der Waals surface area (Å²) in [7, 11) is 1.18. The number of aryl methyl sites for hydroxylation is 1. The third-order valence-electron chi connectivity index (χ3n) is 2.54. The number of H-pyrrole nitrogens is 1. The quantitative estimate of drug-likeness (QED) is 0.728. The lowest BCUT2D eigenvalue weighted by atomic mass is 10.1. The molecule has 1 aromatic carbocycles. The summed E-state index contributed by atoms with van der Waals surface area (Å²) >= 11 is 0. The van der Waals surface area contributed by atoms with Gasteiger partial charge in [0.25, 0.3) is 5.56 Å². The number of aromatic nitrogens is 1. The van der Waals surface area contributed by atoms with Crippen molar-refractivity contribution in [3.8, 4) is 5.75 Å². The van der Waals surface area contributed by atoms with E-state index in [4.69, 9.17) is 0 Å². The Labute approximate surface area is 96.7 Å². The van der Waals surface area contributed by atoms with Crippen molar-refractivity contribution in [2.75, 3.05) is 7.11 Å². The van der Waals surface area contributed by atoms with Crippen LogP contribution in [0.15, 0.2) is 23.0 Å². The molecule has 0 saturated carbocycles. The van der Waals surface area contributed by atoms with Gasteiger partial charge in [-0.2, -0.15) is 0 Å². The lowest BCUT2D eigenvalue weighted by Gasteiger charge is -2.06. The molecule has 0 atom stereocenters. The third-order valence-corrected chi connectivity index (χ3v) is 2.54.